The topological polar surface area (TPSA) is 38.0 Å². The lowest BCUT2D eigenvalue weighted by Gasteiger charge is -2.19. The minimum Gasteiger partial charge on any atom is -0.386 e. The van der Waals surface area contributed by atoms with Gasteiger partial charge in [0.15, 0.2) is 0 Å². The fourth-order valence-electron chi connectivity index (χ4n) is 1.21. The average Bonchev–Trinajstić information content (AvgIpc) is 1.86. The predicted molar refractivity (Wildman–Crippen MR) is 50.0 cm³/mol. The number of nitrogens with two attached hydrogens (primary N) is 1. The molecule has 0 aliphatic rings. The molecule has 0 aromatic carbocycles. The van der Waals surface area contributed by atoms with E-state index in [1.807, 2.05) is 7.05 Å². The lowest BCUT2D eigenvalue weighted by atomic mass is 9.88. The van der Waals surface area contributed by atoms with Gasteiger partial charge in [-0.2, -0.15) is 0 Å². The summed E-state index contributed by atoms with van der Waals surface area (Å²) in [6.45, 7) is 6.58. The summed E-state index contributed by atoms with van der Waals surface area (Å²) in [5.41, 5.74) is 5.86. The Hall–Kier alpha value is -0.660. The zero-order valence-corrected chi connectivity index (χ0v) is 8.07. The number of allylic oxidation sites excluding steroid dienone is 1. The molecule has 11 heavy (non-hydrogen) atoms. The molecule has 66 valence electrons. The van der Waals surface area contributed by atoms with E-state index in [2.05, 4.69) is 32.2 Å². The highest BCUT2D eigenvalue weighted by Gasteiger charge is 2.12. The molecule has 0 aromatic rings. The van der Waals surface area contributed by atoms with E-state index in [4.69, 9.17) is 5.73 Å². The van der Waals surface area contributed by atoms with Crippen LogP contribution in [0.5, 0.6) is 0 Å². The van der Waals surface area contributed by atoms with Gasteiger partial charge >= 0.3 is 0 Å². The summed E-state index contributed by atoms with van der Waals surface area (Å²) in [6, 6.07) is 0. The molecule has 2 nitrogen and oxygen atoms in total. The highest BCUT2D eigenvalue weighted by Crippen LogP contribution is 2.23. The molecule has 0 radical (unpaired) electrons. The van der Waals surface area contributed by atoms with Crippen LogP contribution in [0.2, 0.25) is 0 Å². The summed E-state index contributed by atoms with van der Waals surface area (Å²) >= 11 is 0. The van der Waals surface area contributed by atoms with Gasteiger partial charge in [-0.1, -0.05) is 27.2 Å². The minimum absolute atomic E-state index is 0.224. The summed E-state index contributed by atoms with van der Waals surface area (Å²) in [6.07, 6.45) is 4.45. The summed E-state index contributed by atoms with van der Waals surface area (Å²) < 4.78 is 0. The molecule has 0 saturated heterocycles. The highest BCUT2D eigenvalue weighted by molar-refractivity contribution is 5.01. The van der Waals surface area contributed by atoms with Crippen molar-refractivity contribution in [2.45, 2.75) is 33.6 Å². The van der Waals surface area contributed by atoms with Crippen molar-refractivity contribution in [2.24, 2.45) is 11.1 Å². The van der Waals surface area contributed by atoms with E-state index in [0.717, 1.165) is 5.82 Å². The number of hydrogen-bond acceptors (Lipinski definition) is 2. The van der Waals surface area contributed by atoms with Gasteiger partial charge < -0.3 is 11.1 Å². The number of rotatable bonds is 4. The summed E-state index contributed by atoms with van der Waals surface area (Å²) in [4.78, 5) is 0. The fourth-order valence-corrected chi connectivity index (χ4v) is 1.21. The first kappa shape index (κ1) is 10.3. The molecule has 0 saturated carbocycles. The van der Waals surface area contributed by atoms with Crippen LogP contribution in [0.25, 0.3) is 0 Å². The number of hydrogen-bond donors (Lipinski definition) is 2. The zero-order valence-electron chi connectivity index (χ0n) is 8.07. The average molecular weight is 156 g/mol. The lowest BCUT2D eigenvalue weighted by molar-refractivity contribution is 0.427. The summed E-state index contributed by atoms with van der Waals surface area (Å²) in [5.74, 6) is 0.767. The van der Waals surface area contributed by atoms with Gasteiger partial charge in [-0.3, -0.25) is 0 Å². The highest BCUT2D eigenvalue weighted by atomic mass is 14.9. The largest absolute Gasteiger partial charge is 0.386 e. The molecule has 0 aliphatic carbocycles. The first-order valence-electron chi connectivity index (χ1n) is 4.18. The second-order valence-electron chi connectivity index (χ2n) is 3.59. The van der Waals surface area contributed by atoms with Gasteiger partial charge in [-0.15, -0.1) is 0 Å². The van der Waals surface area contributed by atoms with Gasteiger partial charge in [-0.05, 0) is 17.9 Å². The molecule has 0 unspecified atom stereocenters. The monoisotopic (exact) mass is 156 g/mol. The molecule has 0 atom stereocenters. The van der Waals surface area contributed by atoms with Crippen LogP contribution in [0, 0.1) is 5.41 Å². The van der Waals surface area contributed by atoms with Crippen LogP contribution in [0.4, 0.5) is 0 Å². The second-order valence-corrected chi connectivity index (χ2v) is 3.59. The van der Waals surface area contributed by atoms with E-state index in [1.54, 1.807) is 0 Å². The van der Waals surface area contributed by atoms with E-state index < -0.39 is 0 Å². The Morgan fingerprint density at radius 1 is 1.55 bits per heavy atom. The molecule has 0 aromatic heterocycles. The third-order valence-electron chi connectivity index (χ3n) is 1.73. The Balaban J connectivity index is 4.08. The second kappa shape index (κ2) is 4.27. The molecule has 0 spiro atoms. The Bertz CT molecular complexity index is 136. The minimum atomic E-state index is 0.224. The Labute approximate surface area is 69.9 Å². The van der Waals surface area contributed by atoms with Crippen molar-refractivity contribution in [1.29, 1.82) is 0 Å². The first-order chi connectivity index (χ1) is 5.02. The van der Waals surface area contributed by atoms with Crippen molar-refractivity contribution in [1.82, 2.24) is 5.32 Å². The van der Waals surface area contributed by atoms with E-state index in [1.165, 1.54) is 12.8 Å². The van der Waals surface area contributed by atoms with Gasteiger partial charge in [0.2, 0.25) is 0 Å². The molecular weight excluding hydrogens is 136 g/mol. The van der Waals surface area contributed by atoms with Gasteiger partial charge in [0.1, 0.15) is 0 Å². The third-order valence-corrected chi connectivity index (χ3v) is 1.73. The van der Waals surface area contributed by atoms with Crippen LogP contribution in [-0.4, -0.2) is 7.05 Å². The van der Waals surface area contributed by atoms with E-state index in [9.17, 15) is 0 Å². The molecule has 0 fully saturated rings. The maximum Gasteiger partial charge on any atom is 0.0921 e. The molecule has 3 N–H and O–H groups in total. The van der Waals surface area contributed by atoms with Crippen LogP contribution in [0.15, 0.2) is 11.9 Å². The van der Waals surface area contributed by atoms with Gasteiger partial charge in [0.05, 0.1) is 5.82 Å². The fraction of sp³-hybridized carbons (Fsp3) is 0.778. The predicted octanol–water partition coefficient (Wildman–Crippen LogP) is 1.83. The van der Waals surface area contributed by atoms with Crippen molar-refractivity contribution in [3.8, 4) is 0 Å². The van der Waals surface area contributed by atoms with Gasteiger partial charge in [-0.25, -0.2) is 0 Å². The standard InChI is InChI=1S/C9H20N2/c1-5-6-9(2,3)7-8(10)11-4/h7,11H,5-6,10H2,1-4H3/b8-7-. The Morgan fingerprint density at radius 2 is 2.09 bits per heavy atom. The quantitative estimate of drug-likeness (QED) is 0.651. The van der Waals surface area contributed by atoms with Crippen LogP contribution in [0.3, 0.4) is 0 Å². The maximum absolute atomic E-state index is 5.64. The molecule has 0 amide bonds. The van der Waals surface area contributed by atoms with Crippen molar-refractivity contribution in [3.63, 3.8) is 0 Å². The maximum atomic E-state index is 5.64. The SMILES string of the molecule is CCCC(C)(C)/C=C(/N)NC. The van der Waals surface area contributed by atoms with E-state index in [-0.39, 0.29) is 5.41 Å². The molecule has 0 bridgehead atoms. The van der Waals surface area contributed by atoms with Gasteiger partial charge in [0.25, 0.3) is 0 Å². The van der Waals surface area contributed by atoms with Crippen molar-refractivity contribution >= 4 is 0 Å². The van der Waals surface area contributed by atoms with E-state index in [0.29, 0.717) is 0 Å². The van der Waals surface area contributed by atoms with Crippen LogP contribution in [-0.2, 0) is 0 Å². The van der Waals surface area contributed by atoms with Crippen molar-refractivity contribution in [3.05, 3.63) is 11.9 Å². The van der Waals surface area contributed by atoms with Gasteiger partial charge in [0, 0.05) is 7.05 Å². The smallest absolute Gasteiger partial charge is 0.0921 e. The third kappa shape index (κ3) is 4.71. The summed E-state index contributed by atoms with van der Waals surface area (Å²) in [5, 5.41) is 2.92. The molecule has 0 heterocycles. The molecule has 2 heteroatoms. The molecule has 0 rings (SSSR count). The van der Waals surface area contributed by atoms with E-state index >= 15 is 0 Å². The molecule has 0 aliphatic heterocycles. The lowest BCUT2D eigenvalue weighted by Crippen LogP contribution is -2.19. The zero-order chi connectivity index (χ0) is 8.91. The Kier molecular flexibility index (Phi) is 4.01. The van der Waals surface area contributed by atoms with Crippen molar-refractivity contribution < 1.29 is 0 Å². The normalized spacial score (nSPS) is 13.3. The van der Waals surface area contributed by atoms with Crippen LogP contribution >= 0.6 is 0 Å². The van der Waals surface area contributed by atoms with Crippen LogP contribution in [0.1, 0.15) is 33.6 Å². The first-order valence-corrected chi connectivity index (χ1v) is 4.18. The summed E-state index contributed by atoms with van der Waals surface area (Å²) in [7, 11) is 1.84. The number of nitrogens with one attached hydrogen (secondary N) is 1. The van der Waals surface area contributed by atoms with Crippen molar-refractivity contribution in [2.75, 3.05) is 7.05 Å². The molecular formula is C9H20N2. The van der Waals surface area contributed by atoms with Crippen LogP contribution < -0.4 is 11.1 Å². The Morgan fingerprint density at radius 3 is 2.45 bits per heavy atom.